The molecule has 2 amide bonds. The minimum atomic E-state index is -1.04. The van der Waals surface area contributed by atoms with Gasteiger partial charge >= 0.3 is 18.5 Å². The summed E-state index contributed by atoms with van der Waals surface area (Å²) in [5, 5.41) is 1.84. The first kappa shape index (κ1) is 9.15. The summed E-state index contributed by atoms with van der Waals surface area (Å²) in [6.07, 6.45) is 0. The van der Waals surface area contributed by atoms with E-state index in [9.17, 15) is 14.4 Å². The van der Waals surface area contributed by atoms with Crippen LogP contribution >= 0.6 is 0 Å². The van der Waals surface area contributed by atoms with E-state index in [4.69, 9.17) is 0 Å². The Hall–Kier alpha value is -1.85. The summed E-state index contributed by atoms with van der Waals surface area (Å²) < 4.78 is 3.82. The van der Waals surface area contributed by atoms with Crippen molar-refractivity contribution in [2.75, 3.05) is 0 Å². The fourth-order valence-electron chi connectivity index (χ4n) is 0.315. The lowest BCUT2D eigenvalue weighted by Crippen LogP contribution is -2.32. The third kappa shape index (κ3) is 3.68. The highest BCUT2D eigenvalue weighted by molar-refractivity contribution is 5.95. The van der Waals surface area contributed by atoms with E-state index >= 15 is 0 Å². The third-order valence-electron chi connectivity index (χ3n) is 0.676. The molecule has 0 fully saturated rings. The highest BCUT2D eigenvalue weighted by Gasteiger charge is 2.08. The van der Waals surface area contributed by atoms with Crippen LogP contribution in [0.5, 0.6) is 0 Å². The second kappa shape index (κ2) is 4.04. The number of rotatable bonds is 3. The van der Waals surface area contributed by atoms with Crippen molar-refractivity contribution in [2.45, 2.75) is 0 Å². The van der Waals surface area contributed by atoms with Crippen molar-refractivity contribution in [3.63, 3.8) is 0 Å². The smallest absolute Gasteiger partial charge is 0.361 e. The van der Waals surface area contributed by atoms with Gasteiger partial charge in [-0.3, -0.25) is 4.79 Å². The Labute approximate surface area is 62.0 Å². The Balaban J connectivity index is 3.93. The quantitative estimate of drug-likeness (QED) is 0.235. The maximum absolute atomic E-state index is 10.5. The number of esters is 1. The molecule has 0 aliphatic heterocycles. The standard InChI is InChI=1S/C5H6N2O4/c1-3(7-5(6)10)4(9)11-2-8/h2H,1H2,(H3,6,7,10). The lowest BCUT2D eigenvalue weighted by molar-refractivity contribution is -0.148. The molecule has 0 aromatic heterocycles. The van der Waals surface area contributed by atoms with Gasteiger partial charge in [0.25, 0.3) is 0 Å². The zero-order chi connectivity index (χ0) is 8.85. The molecule has 0 unspecified atom stereocenters. The van der Waals surface area contributed by atoms with Crippen LogP contribution in [-0.2, 0) is 14.3 Å². The van der Waals surface area contributed by atoms with Crippen LogP contribution in [-0.4, -0.2) is 18.5 Å². The fourth-order valence-corrected chi connectivity index (χ4v) is 0.315. The van der Waals surface area contributed by atoms with E-state index in [1.54, 1.807) is 0 Å². The first-order chi connectivity index (χ1) is 5.07. The minimum absolute atomic E-state index is 0.0732. The Bertz CT molecular complexity index is 211. The molecule has 0 saturated heterocycles. The summed E-state index contributed by atoms with van der Waals surface area (Å²) in [5.41, 5.74) is 4.24. The van der Waals surface area contributed by atoms with Crippen LogP contribution in [0.2, 0.25) is 0 Å². The number of nitrogens with one attached hydrogen (secondary N) is 1. The van der Waals surface area contributed by atoms with Crippen molar-refractivity contribution in [2.24, 2.45) is 5.73 Å². The molecule has 0 atom stereocenters. The van der Waals surface area contributed by atoms with Gasteiger partial charge in [0, 0.05) is 0 Å². The zero-order valence-electron chi connectivity index (χ0n) is 5.49. The number of ether oxygens (including phenoxy) is 1. The van der Waals surface area contributed by atoms with Gasteiger partial charge in [0.05, 0.1) is 0 Å². The molecule has 6 nitrogen and oxygen atoms in total. The van der Waals surface area contributed by atoms with Gasteiger partial charge in [-0.1, -0.05) is 6.58 Å². The molecule has 0 aromatic carbocycles. The van der Waals surface area contributed by atoms with Gasteiger partial charge in [0.1, 0.15) is 5.70 Å². The van der Waals surface area contributed by atoms with E-state index in [0.717, 1.165) is 0 Å². The number of carbonyl (C=O) groups excluding carboxylic acids is 3. The van der Waals surface area contributed by atoms with Gasteiger partial charge in [-0.15, -0.1) is 0 Å². The highest BCUT2D eigenvalue weighted by atomic mass is 16.6. The van der Waals surface area contributed by atoms with E-state index in [1.807, 2.05) is 5.32 Å². The summed E-state index contributed by atoms with van der Waals surface area (Å²) in [6, 6.07) is -0.946. The zero-order valence-corrected chi connectivity index (χ0v) is 5.49. The molecular weight excluding hydrogens is 152 g/mol. The SMILES string of the molecule is C=C(NC(N)=O)C(=O)OC=O. The predicted octanol–water partition coefficient (Wildman–Crippen LogP) is -1.13. The fraction of sp³-hybridized carbons (Fsp3) is 0. The summed E-state index contributed by atoms with van der Waals surface area (Å²) in [5.74, 6) is -1.04. The lowest BCUT2D eigenvalue weighted by atomic mass is 10.5. The number of primary amides is 1. The molecule has 0 spiro atoms. The Morgan fingerprint density at radius 3 is 2.45 bits per heavy atom. The van der Waals surface area contributed by atoms with Crippen LogP contribution in [0.1, 0.15) is 0 Å². The van der Waals surface area contributed by atoms with Crippen molar-refractivity contribution >= 4 is 18.5 Å². The minimum Gasteiger partial charge on any atom is -0.391 e. The van der Waals surface area contributed by atoms with Crippen molar-refractivity contribution < 1.29 is 19.1 Å². The normalized spacial score (nSPS) is 8.00. The molecule has 0 aliphatic rings. The lowest BCUT2D eigenvalue weighted by Gasteiger charge is -2.00. The number of carbonyl (C=O) groups is 3. The van der Waals surface area contributed by atoms with E-state index in [0.29, 0.717) is 0 Å². The van der Waals surface area contributed by atoms with Crippen LogP contribution in [0.4, 0.5) is 4.79 Å². The first-order valence-electron chi connectivity index (χ1n) is 2.48. The highest BCUT2D eigenvalue weighted by Crippen LogP contribution is 1.86. The molecule has 3 N–H and O–H groups in total. The van der Waals surface area contributed by atoms with E-state index < -0.39 is 12.0 Å². The van der Waals surface area contributed by atoms with Crippen molar-refractivity contribution in [1.82, 2.24) is 5.32 Å². The topological polar surface area (TPSA) is 98.5 Å². The van der Waals surface area contributed by atoms with Crippen molar-refractivity contribution in [3.05, 3.63) is 12.3 Å². The summed E-state index contributed by atoms with van der Waals surface area (Å²) >= 11 is 0. The first-order valence-corrected chi connectivity index (χ1v) is 2.48. The van der Waals surface area contributed by atoms with Crippen molar-refractivity contribution in [3.8, 4) is 0 Å². The molecule has 11 heavy (non-hydrogen) atoms. The maximum Gasteiger partial charge on any atom is 0.361 e. The molecule has 0 radical (unpaired) electrons. The number of amides is 2. The van der Waals surface area contributed by atoms with E-state index in [1.165, 1.54) is 0 Å². The van der Waals surface area contributed by atoms with Gasteiger partial charge in [0.15, 0.2) is 0 Å². The van der Waals surface area contributed by atoms with Gasteiger partial charge in [-0.05, 0) is 0 Å². The van der Waals surface area contributed by atoms with Gasteiger partial charge in [-0.2, -0.15) is 0 Å². The number of hydrogen-bond acceptors (Lipinski definition) is 4. The predicted molar refractivity (Wildman–Crippen MR) is 34.0 cm³/mol. The second-order valence-electron chi connectivity index (χ2n) is 1.47. The summed E-state index contributed by atoms with van der Waals surface area (Å²) in [4.78, 5) is 30.1. The molecule has 6 heteroatoms. The van der Waals surface area contributed by atoms with Crippen molar-refractivity contribution in [1.29, 1.82) is 0 Å². The third-order valence-corrected chi connectivity index (χ3v) is 0.676. The van der Waals surface area contributed by atoms with Crippen LogP contribution < -0.4 is 11.1 Å². The average molecular weight is 158 g/mol. The largest absolute Gasteiger partial charge is 0.391 e. The van der Waals surface area contributed by atoms with Crippen LogP contribution in [0.25, 0.3) is 0 Å². The van der Waals surface area contributed by atoms with Gasteiger partial charge in [0.2, 0.25) is 0 Å². The molecule has 0 bridgehead atoms. The Morgan fingerprint density at radius 1 is 1.55 bits per heavy atom. The van der Waals surface area contributed by atoms with Crippen LogP contribution in [0.15, 0.2) is 12.3 Å². The van der Waals surface area contributed by atoms with Gasteiger partial charge in [-0.25, -0.2) is 9.59 Å². The van der Waals surface area contributed by atoms with Crippen LogP contribution in [0, 0.1) is 0 Å². The van der Waals surface area contributed by atoms with E-state index in [2.05, 4.69) is 17.0 Å². The Morgan fingerprint density at radius 2 is 2.09 bits per heavy atom. The maximum atomic E-state index is 10.5. The second-order valence-corrected chi connectivity index (χ2v) is 1.47. The monoisotopic (exact) mass is 158 g/mol. The molecule has 0 aliphatic carbocycles. The molecular formula is C5H6N2O4. The molecule has 0 rings (SSSR count). The summed E-state index contributed by atoms with van der Waals surface area (Å²) in [6.45, 7) is 2.99. The van der Waals surface area contributed by atoms with Gasteiger partial charge < -0.3 is 15.8 Å². The molecule has 0 aromatic rings. The number of nitrogens with two attached hydrogens (primary N) is 1. The number of urea groups is 1. The van der Waals surface area contributed by atoms with E-state index in [-0.39, 0.29) is 12.2 Å². The molecule has 0 saturated carbocycles. The number of hydrogen-bond donors (Lipinski definition) is 2. The van der Waals surface area contributed by atoms with Crippen LogP contribution in [0.3, 0.4) is 0 Å². The average Bonchev–Trinajstić information content (AvgIpc) is 1.86. The molecule has 60 valence electrons. The summed E-state index contributed by atoms with van der Waals surface area (Å²) in [7, 11) is 0. The molecule has 0 heterocycles. The Kier molecular flexibility index (Phi) is 3.36.